The highest BCUT2D eigenvalue weighted by Crippen LogP contribution is 2.21. The van der Waals surface area contributed by atoms with E-state index >= 15 is 0 Å². The number of carbonyl (C=O) groups excluding carboxylic acids is 1. The van der Waals surface area contributed by atoms with Crippen LogP contribution in [-0.4, -0.2) is 30.4 Å². The van der Waals surface area contributed by atoms with Gasteiger partial charge in [0, 0.05) is 24.5 Å². The zero-order chi connectivity index (χ0) is 10.7. The fraction of sp³-hybridized carbons (Fsp3) is 0.364. The Morgan fingerprint density at radius 2 is 2.60 bits per heavy atom. The Bertz CT molecular complexity index is 347. The van der Waals surface area contributed by atoms with E-state index in [0.717, 1.165) is 19.6 Å². The van der Waals surface area contributed by atoms with Crippen molar-refractivity contribution in [2.75, 3.05) is 19.6 Å². The maximum atomic E-state index is 11.5. The highest BCUT2D eigenvalue weighted by molar-refractivity contribution is 7.10. The molecule has 0 saturated carbocycles. The van der Waals surface area contributed by atoms with E-state index in [-0.39, 0.29) is 11.9 Å². The first-order chi connectivity index (χ1) is 7.31. The van der Waals surface area contributed by atoms with Gasteiger partial charge in [0.2, 0.25) is 5.91 Å². The molecule has 1 unspecified atom stereocenters. The summed E-state index contributed by atoms with van der Waals surface area (Å²) in [5.41, 5.74) is 0. The molecule has 2 heterocycles. The number of nitrogens with one attached hydrogen (secondary N) is 1. The van der Waals surface area contributed by atoms with Crippen molar-refractivity contribution >= 4 is 17.2 Å². The first-order valence-electron chi connectivity index (χ1n) is 4.99. The van der Waals surface area contributed by atoms with Gasteiger partial charge < -0.3 is 10.2 Å². The van der Waals surface area contributed by atoms with Gasteiger partial charge in [-0.1, -0.05) is 12.6 Å². The lowest BCUT2D eigenvalue weighted by molar-refractivity contribution is -0.127. The van der Waals surface area contributed by atoms with Gasteiger partial charge >= 0.3 is 0 Å². The Kier molecular flexibility index (Phi) is 3.18. The molecule has 4 heteroatoms. The molecule has 1 saturated heterocycles. The van der Waals surface area contributed by atoms with Crippen molar-refractivity contribution in [1.82, 2.24) is 10.2 Å². The number of piperazine rings is 1. The van der Waals surface area contributed by atoms with E-state index in [0.29, 0.717) is 0 Å². The SMILES string of the molecule is C=CC(=O)N1CCNC(c2cccs2)C1. The maximum absolute atomic E-state index is 11.5. The molecule has 15 heavy (non-hydrogen) atoms. The Morgan fingerprint density at radius 3 is 3.27 bits per heavy atom. The second kappa shape index (κ2) is 4.59. The molecule has 0 radical (unpaired) electrons. The first-order valence-corrected chi connectivity index (χ1v) is 5.87. The molecule has 0 bridgehead atoms. The molecule has 1 atom stereocenters. The number of carbonyl (C=O) groups is 1. The molecule has 80 valence electrons. The predicted molar refractivity (Wildman–Crippen MR) is 61.8 cm³/mol. The number of nitrogens with zero attached hydrogens (tertiary/aromatic N) is 1. The Morgan fingerprint density at radius 1 is 1.73 bits per heavy atom. The molecule has 0 spiro atoms. The van der Waals surface area contributed by atoms with Crippen LogP contribution in [0.5, 0.6) is 0 Å². The van der Waals surface area contributed by atoms with E-state index in [1.54, 1.807) is 11.3 Å². The van der Waals surface area contributed by atoms with Gasteiger partial charge in [0.05, 0.1) is 6.04 Å². The summed E-state index contributed by atoms with van der Waals surface area (Å²) >= 11 is 1.72. The summed E-state index contributed by atoms with van der Waals surface area (Å²) in [5, 5.41) is 5.47. The average molecular weight is 222 g/mol. The van der Waals surface area contributed by atoms with Crippen LogP contribution in [0.4, 0.5) is 0 Å². The smallest absolute Gasteiger partial charge is 0.246 e. The van der Waals surface area contributed by atoms with E-state index in [1.807, 2.05) is 11.0 Å². The van der Waals surface area contributed by atoms with Crippen LogP contribution in [0.25, 0.3) is 0 Å². The highest BCUT2D eigenvalue weighted by Gasteiger charge is 2.23. The van der Waals surface area contributed by atoms with Gasteiger partial charge in [-0.15, -0.1) is 11.3 Å². The number of rotatable bonds is 2. The van der Waals surface area contributed by atoms with Crippen LogP contribution in [0.1, 0.15) is 10.9 Å². The van der Waals surface area contributed by atoms with E-state index in [2.05, 4.69) is 23.3 Å². The minimum absolute atomic E-state index is 0.0260. The number of amides is 1. The highest BCUT2D eigenvalue weighted by atomic mass is 32.1. The van der Waals surface area contributed by atoms with Gasteiger partial charge in [-0.3, -0.25) is 4.79 Å². The van der Waals surface area contributed by atoms with Crippen molar-refractivity contribution in [2.24, 2.45) is 0 Å². The van der Waals surface area contributed by atoms with Crippen LogP contribution in [0.15, 0.2) is 30.2 Å². The van der Waals surface area contributed by atoms with Crippen molar-refractivity contribution in [3.05, 3.63) is 35.0 Å². The topological polar surface area (TPSA) is 32.3 Å². The first kappa shape index (κ1) is 10.4. The van der Waals surface area contributed by atoms with E-state index < -0.39 is 0 Å². The van der Waals surface area contributed by atoms with Crippen molar-refractivity contribution in [1.29, 1.82) is 0 Å². The fourth-order valence-electron chi connectivity index (χ4n) is 1.76. The molecule has 1 fully saturated rings. The van der Waals surface area contributed by atoms with Crippen molar-refractivity contribution < 1.29 is 4.79 Å². The minimum atomic E-state index is 0.0260. The second-order valence-electron chi connectivity index (χ2n) is 3.51. The van der Waals surface area contributed by atoms with Crippen molar-refractivity contribution in [2.45, 2.75) is 6.04 Å². The monoisotopic (exact) mass is 222 g/mol. The molecule has 1 aromatic heterocycles. The van der Waals surface area contributed by atoms with Crippen LogP contribution >= 0.6 is 11.3 Å². The van der Waals surface area contributed by atoms with Crippen LogP contribution in [0, 0.1) is 0 Å². The molecule has 2 rings (SSSR count). The van der Waals surface area contributed by atoms with Crippen LogP contribution in [0.3, 0.4) is 0 Å². The zero-order valence-electron chi connectivity index (χ0n) is 8.48. The number of hydrogen-bond acceptors (Lipinski definition) is 3. The quantitative estimate of drug-likeness (QED) is 0.767. The summed E-state index contributed by atoms with van der Waals surface area (Å²) in [5.74, 6) is 0.0260. The molecule has 0 aliphatic carbocycles. The van der Waals surface area contributed by atoms with E-state index in [9.17, 15) is 4.79 Å². The Hall–Kier alpha value is -1.13. The molecule has 1 amide bonds. The summed E-state index contributed by atoms with van der Waals surface area (Å²) in [6.45, 7) is 5.88. The largest absolute Gasteiger partial charge is 0.336 e. The standard InChI is InChI=1S/C11H14N2OS/c1-2-11(14)13-6-5-12-9(8-13)10-4-3-7-15-10/h2-4,7,9,12H,1,5-6,8H2. The van der Waals surface area contributed by atoms with E-state index in [1.165, 1.54) is 11.0 Å². The van der Waals surface area contributed by atoms with Crippen molar-refractivity contribution in [3.8, 4) is 0 Å². The van der Waals surface area contributed by atoms with Gasteiger partial charge in [-0.05, 0) is 17.5 Å². The summed E-state index contributed by atoms with van der Waals surface area (Å²) in [6.07, 6.45) is 1.39. The molecule has 1 aliphatic heterocycles. The molecule has 3 nitrogen and oxygen atoms in total. The fourth-order valence-corrected chi connectivity index (χ4v) is 2.55. The predicted octanol–water partition coefficient (Wildman–Crippen LogP) is 1.41. The average Bonchev–Trinajstić information content (AvgIpc) is 2.82. The van der Waals surface area contributed by atoms with Gasteiger partial charge in [0.1, 0.15) is 0 Å². The molecular formula is C11H14N2OS. The minimum Gasteiger partial charge on any atom is -0.336 e. The Labute approximate surface area is 93.4 Å². The lowest BCUT2D eigenvalue weighted by atomic mass is 10.2. The molecule has 1 N–H and O–H groups in total. The lowest BCUT2D eigenvalue weighted by Crippen LogP contribution is -2.47. The molecule has 1 aliphatic rings. The summed E-state index contributed by atoms with van der Waals surface area (Å²) in [6, 6.07) is 4.42. The molecule has 0 aromatic carbocycles. The van der Waals surface area contributed by atoms with Crippen molar-refractivity contribution in [3.63, 3.8) is 0 Å². The third-order valence-electron chi connectivity index (χ3n) is 2.55. The maximum Gasteiger partial charge on any atom is 0.246 e. The number of hydrogen-bond donors (Lipinski definition) is 1. The van der Waals surface area contributed by atoms with Gasteiger partial charge in [0.15, 0.2) is 0 Å². The third kappa shape index (κ3) is 2.27. The number of thiophene rings is 1. The molecule has 1 aromatic rings. The van der Waals surface area contributed by atoms with Crippen LogP contribution in [0.2, 0.25) is 0 Å². The molecular weight excluding hydrogens is 208 g/mol. The van der Waals surface area contributed by atoms with Crippen LogP contribution in [-0.2, 0) is 4.79 Å². The van der Waals surface area contributed by atoms with E-state index in [4.69, 9.17) is 0 Å². The summed E-state index contributed by atoms with van der Waals surface area (Å²) in [7, 11) is 0. The normalized spacial score (nSPS) is 21.3. The van der Waals surface area contributed by atoms with Gasteiger partial charge in [-0.2, -0.15) is 0 Å². The van der Waals surface area contributed by atoms with Gasteiger partial charge in [-0.25, -0.2) is 0 Å². The zero-order valence-corrected chi connectivity index (χ0v) is 9.30. The third-order valence-corrected chi connectivity index (χ3v) is 3.53. The Balaban J connectivity index is 2.04. The van der Waals surface area contributed by atoms with Crippen LogP contribution < -0.4 is 5.32 Å². The second-order valence-corrected chi connectivity index (χ2v) is 4.49. The summed E-state index contributed by atoms with van der Waals surface area (Å²) in [4.78, 5) is 14.6. The summed E-state index contributed by atoms with van der Waals surface area (Å²) < 4.78 is 0. The lowest BCUT2D eigenvalue weighted by Gasteiger charge is -2.32. The van der Waals surface area contributed by atoms with Gasteiger partial charge in [0.25, 0.3) is 0 Å².